The van der Waals surface area contributed by atoms with E-state index in [9.17, 15) is 26.3 Å². The summed E-state index contributed by atoms with van der Waals surface area (Å²) in [7, 11) is 0. The van der Waals surface area contributed by atoms with E-state index in [2.05, 4.69) is 4.74 Å². The molecule has 3 rings (SSSR count). The second kappa shape index (κ2) is 10.4. The molecule has 1 aliphatic carbocycles. The highest BCUT2D eigenvalue weighted by molar-refractivity contribution is 5.65. The highest BCUT2D eigenvalue weighted by atomic mass is 19.4. The molecule has 2 aromatic carbocycles. The highest BCUT2D eigenvalue weighted by Gasteiger charge is 2.30. The molecule has 0 aliphatic heterocycles. The lowest BCUT2D eigenvalue weighted by molar-refractivity contribution is -0.154. The molecule has 1 nitrogen and oxygen atoms in total. The topological polar surface area (TPSA) is 9.23 Å². The van der Waals surface area contributed by atoms with E-state index in [1.165, 1.54) is 0 Å². The molecule has 0 atom stereocenters. The molecule has 170 valence electrons. The number of benzene rings is 2. The predicted molar refractivity (Wildman–Crippen MR) is 108 cm³/mol. The number of unbranched alkanes of at least 4 members (excludes halogenated alkanes) is 1. The van der Waals surface area contributed by atoms with Crippen molar-refractivity contribution >= 4 is 0 Å². The van der Waals surface area contributed by atoms with Gasteiger partial charge in [-0.25, -0.2) is 8.78 Å². The molecule has 1 fully saturated rings. The van der Waals surface area contributed by atoms with Crippen molar-refractivity contribution in [2.75, 3.05) is 13.3 Å². The molecule has 31 heavy (non-hydrogen) atoms. The maximum absolute atomic E-state index is 14.1. The van der Waals surface area contributed by atoms with E-state index in [1.54, 1.807) is 12.1 Å². The Morgan fingerprint density at radius 3 is 2.00 bits per heavy atom. The van der Waals surface area contributed by atoms with Gasteiger partial charge < -0.3 is 4.74 Å². The summed E-state index contributed by atoms with van der Waals surface area (Å²) in [6, 6.07) is 9.37. The van der Waals surface area contributed by atoms with Crippen LogP contribution in [0, 0.1) is 17.6 Å². The van der Waals surface area contributed by atoms with Gasteiger partial charge in [-0.05, 0) is 72.8 Å². The summed E-state index contributed by atoms with van der Waals surface area (Å²) in [5, 5.41) is 0. The van der Waals surface area contributed by atoms with Gasteiger partial charge >= 0.3 is 6.18 Å². The van der Waals surface area contributed by atoms with Crippen LogP contribution in [0.15, 0.2) is 36.4 Å². The molecular weight excluding hydrogens is 418 g/mol. The van der Waals surface area contributed by atoms with Crippen molar-refractivity contribution in [3.05, 3.63) is 53.6 Å². The first kappa shape index (κ1) is 23.5. The lowest BCUT2D eigenvalue weighted by Crippen LogP contribution is -2.20. The first-order valence-corrected chi connectivity index (χ1v) is 10.6. The molecule has 0 bridgehead atoms. The fraction of sp³-hybridized carbons (Fsp3) is 0.500. The average Bonchev–Trinajstić information content (AvgIpc) is 2.73. The van der Waals surface area contributed by atoms with Crippen LogP contribution in [-0.4, -0.2) is 19.5 Å². The minimum Gasteiger partial charge on any atom is -0.478 e. The molecule has 0 aromatic heterocycles. The van der Waals surface area contributed by atoms with Gasteiger partial charge in [0, 0.05) is 0 Å². The summed E-state index contributed by atoms with van der Waals surface area (Å²) >= 11 is 0. The summed E-state index contributed by atoms with van der Waals surface area (Å²) in [5.41, 5.74) is 1.97. The largest absolute Gasteiger partial charge is 0.478 e. The van der Waals surface area contributed by atoms with Gasteiger partial charge in [-0.15, -0.1) is 0 Å². The molecule has 0 saturated heterocycles. The van der Waals surface area contributed by atoms with Crippen LogP contribution in [0.25, 0.3) is 11.1 Å². The number of halogens is 6. The van der Waals surface area contributed by atoms with E-state index in [0.29, 0.717) is 23.8 Å². The third kappa shape index (κ3) is 6.65. The van der Waals surface area contributed by atoms with Crippen molar-refractivity contribution in [3.8, 4) is 16.9 Å². The van der Waals surface area contributed by atoms with Crippen LogP contribution in [0.3, 0.4) is 0 Å². The molecule has 0 spiro atoms. The predicted octanol–water partition coefficient (Wildman–Crippen LogP) is 7.99. The smallest absolute Gasteiger partial charge is 0.422 e. The molecule has 0 radical (unpaired) electrons. The monoisotopic (exact) mass is 444 g/mol. The molecular formula is C24H26F6O. The van der Waals surface area contributed by atoms with Crippen LogP contribution >= 0.6 is 0 Å². The highest BCUT2D eigenvalue weighted by Crippen LogP contribution is 2.38. The number of ether oxygens (including phenoxy) is 1. The average molecular weight is 444 g/mol. The molecule has 1 saturated carbocycles. The fourth-order valence-corrected chi connectivity index (χ4v) is 4.28. The summed E-state index contributed by atoms with van der Waals surface area (Å²) in [5.74, 6) is -2.28. The molecule has 0 heterocycles. The Morgan fingerprint density at radius 2 is 1.45 bits per heavy atom. The van der Waals surface area contributed by atoms with E-state index in [4.69, 9.17) is 0 Å². The molecule has 2 aromatic rings. The van der Waals surface area contributed by atoms with Crippen molar-refractivity contribution in [2.24, 2.45) is 5.92 Å². The Balaban J connectivity index is 1.63. The number of hydrogen-bond donors (Lipinski definition) is 0. The van der Waals surface area contributed by atoms with Crippen LogP contribution in [0.2, 0.25) is 0 Å². The Morgan fingerprint density at radius 1 is 0.839 bits per heavy atom. The number of alkyl halides is 4. The first-order chi connectivity index (χ1) is 14.8. The Bertz CT molecular complexity index is 815. The van der Waals surface area contributed by atoms with E-state index in [-0.39, 0.29) is 12.2 Å². The first-order valence-electron chi connectivity index (χ1n) is 10.6. The molecule has 7 heteroatoms. The Kier molecular flexibility index (Phi) is 7.89. The van der Waals surface area contributed by atoms with Crippen molar-refractivity contribution in [1.82, 2.24) is 0 Å². The third-order valence-electron chi connectivity index (χ3n) is 5.94. The molecule has 0 unspecified atom stereocenters. The van der Waals surface area contributed by atoms with E-state index in [1.807, 2.05) is 12.1 Å². The maximum Gasteiger partial charge on any atom is 0.422 e. The van der Waals surface area contributed by atoms with Crippen LogP contribution in [0.1, 0.15) is 56.4 Å². The van der Waals surface area contributed by atoms with E-state index < -0.39 is 30.2 Å². The van der Waals surface area contributed by atoms with Gasteiger partial charge in [0.15, 0.2) is 24.0 Å². The minimum atomic E-state index is -4.68. The standard InChI is InChI=1S/C24H26F6O/c25-12-2-1-3-16-4-6-17(7-5-16)18-8-10-19(11-9-18)20-13-21(26)23(22(27)14-20)31-15-24(28,29)30/h8-11,13-14,16-17H,1-7,12,15H2. The zero-order chi connectivity index (χ0) is 22.4. The maximum atomic E-state index is 14.1. The summed E-state index contributed by atoms with van der Waals surface area (Å²) in [6.45, 7) is -2.01. The van der Waals surface area contributed by atoms with Gasteiger partial charge in [0.05, 0.1) is 6.67 Å². The van der Waals surface area contributed by atoms with Crippen LogP contribution in [0.4, 0.5) is 26.3 Å². The van der Waals surface area contributed by atoms with Crippen LogP contribution in [0.5, 0.6) is 5.75 Å². The Hall–Kier alpha value is -2.18. The van der Waals surface area contributed by atoms with E-state index in [0.717, 1.165) is 56.2 Å². The van der Waals surface area contributed by atoms with Gasteiger partial charge in [0.1, 0.15) is 0 Å². The quantitative estimate of drug-likeness (QED) is 0.296. The zero-order valence-corrected chi connectivity index (χ0v) is 17.2. The van der Waals surface area contributed by atoms with Crippen molar-refractivity contribution in [3.63, 3.8) is 0 Å². The normalized spacial score (nSPS) is 19.4. The second-order valence-corrected chi connectivity index (χ2v) is 8.20. The fourth-order valence-electron chi connectivity index (χ4n) is 4.28. The van der Waals surface area contributed by atoms with Gasteiger partial charge in [0.2, 0.25) is 0 Å². The third-order valence-corrected chi connectivity index (χ3v) is 5.94. The van der Waals surface area contributed by atoms with Gasteiger partial charge in [0.25, 0.3) is 0 Å². The lowest BCUT2D eigenvalue weighted by Gasteiger charge is -2.29. The summed E-state index contributed by atoms with van der Waals surface area (Å²) in [6.07, 6.45) is 2.34. The van der Waals surface area contributed by atoms with Gasteiger partial charge in [-0.3, -0.25) is 4.39 Å². The SMILES string of the molecule is FCCCCC1CCC(c2ccc(-c3cc(F)c(OCC(F)(F)F)c(F)c3)cc2)CC1. The number of rotatable bonds is 8. The number of hydrogen-bond acceptors (Lipinski definition) is 1. The molecule has 0 amide bonds. The second-order valence-electron chi connectivity index (χ2n) is 8.20. The van der Waals surface area contributed by atoms with Gasteiger partial charge in [-0.1, -0.05) is 37.1 Å². The molecule has 0 N–H and O–H groups in total. The van der Waals surface area contributed by atoms with Crippen LogP contribution < -0.4 is 4.74 Å². The van der Waals surface area contributed by atoms with Crippen molar-refractivity contribution in [1.29, 1.82) is 0 Å². The zero-order valence-electron chi connectivity index (χ0n) is 17.2. The van der Waals surface area contributed by atoms with Crippen molar-refractivity contribution in [2.45, 2.75) is 57.0 Å². The summed E-state index contributed by atoms with van der Waals surface area (Å²) in [4.78, 5) is 0. The minimum absolute atomic E-state index is 0.234. The Labute approximate surface area is 178 Å². The summed E-state index contributed by atoms with van der Waals surface area (Å²) < 4.78 is 81.5. The van der Waals surface area contributed by atoms with E-state index >= 15 is 0 Å². The van der Waals surface area contributed by atoms with Crippen molar-refractivity contribution < 1.29 is 31.1 Å². The molecule has 1 aliphatic rings. The van der Waals surface area contributed by atoms with Crippen LogP contribution in [-0.2, 0) is 0 Å². The lowest BCUT2D eigenvalue weighted by atomic mass is 9.77. The van der Waals surface area contributed by atoms with Gasteiger partial charge in [-0.2, -0.15) is 13.2 Å².